The molecule has 0 bridgehead atoms. The Morgan fingerprint density at radius 1 is 1.32 bits per heavy atom. The molecule has 0 saturated heterocycles. The van der Waals surface area contributed by atoms with Crippen molar-refractivity contribution in [2.75, 3.05) is 18.5 Å². The van der Waals surface area contributed by atoms with Crippen molar-refractivity contribution in [1.29, 1.82) is 0 Å². The molecule has 1 aromatic rings. The first-order chi connectivity index (χ1) is 9.08. The SMILES string of the molecule is O=C(Nc1ccc(Cl)cc1C(=O)O)C1=COCCO1. The largest absolute Gasteiger partial charge is 0.494 e. The highest BCUT2D eigenvalue weighted by Crippen LogP contribution is 2.21. The number of carbonyl (C=O) groups is 2. The number of hydrogen-bond donors (Lipinski definition) is 2. The topological polar surface area (TPSA) is 84.9 Å². The lowest BCUT2D eigenvalue weighted by Gasteiger charge is -2.15. The second-order valence-electron chi connectivity index (χ2n) is 3.65. The number of carboxylic acid groups (broad SMARTS) is 1. The molecular weight excluding hydrogens is 274 g/mol. The lowest BCUT2D eigenvalue weighted by Crippen LogP contribution is -2.22. The van der Waals surface area contributed by atoms with Crippen molar-refractivity contribution < 1.29 is 24.2 Å². The molecule has 7 heteroatoms. The quantitative estimate of drug-likeness (QED) is 0.884. The summed E-state index contributed by atoms with van der Waals surface area (Å²) in [7, 11) is 0. The molecule has 1 heterocycles. The Labute approximate surface area is 113 Å². The normalized spacial score (nSPS) is 13.8. The molecule has 0 saturated carbocycles. The van der Waals surface area contributed by atoms with E-state index in [2.05, 4.69) is 5.32 Å². The number of amides is 1. The first-order valence-electron chi connectivity index (χ1n) is 5.36. The van der Waals surface area contributed by atoms with Crippen molar-refractivity contribution in [3.05, 3.63) is 40.8 Å². The molecule has 0 atom stereocenters. The zero-order valence-electron chi connectivity index (χ0n) is 9.68. The summed E-state index contributed by atoms with van der Waals surface area (Å²) < 4.78 is 10.0. The summed E-state index contributed by atoms with van der Waals surface area (Å²) in [4.78, 5) is 22.9. The average Bonchev–Trinajstić information content (AvgIpc) is 2.41. The van der Waals surface area contributed by atoms with Gasteiger partial charge in [-0.05, 0) is 18.2 Å². The van der Waals surface area contributed by atoms with Gasteiger partial charge in [0.15, 0.2) is 0 Å². The summed E-state index contributed by atoms with van der Waals surface area (Å²) in [6.07, 6.45) is 1.19. The van der Waals surface area contributed by atoms with E-state index in [-0.39, 0.29) is 28.6 Å². The van der Waals surface area contributed by atoms with E-state index < -0.39 is 11.9 Å². The fraction of sp³-hybridized carbons (Fsp3) is 0.167. The number of nitrogens with one attached hydrogen (secondary N) is 1. The third-order valence-corrected chi connectivity index (χ3v) is 2.57. The molecule has 6 nitrogen and oxygen atoms in total. The third-order valence-electron chi connectivity index (χ3n) is 2.33. The van der Waals surface area contributed by atoms with Gasteiger partial charge >= 0.3 is 5.97 Å². The zero-order valence-corrected chi connectivity index (χ0v) is 10.4. The Bertz CT molecular complexity index is 555. The Morgan fingerprint density at radius 2 is 2.11 bits per heavy atom. The highest BCUT2D eigenvalue weighted by molar-refractivity contribution is 6.31. The van der Waals surface area contributed by atoms with Crippen LogP contribution in [0.15, 0.2) is 30.2 Å². The van der Waals surface area contributed by atoms with Crippen LogP contribution in [0.1, 0.15) is 10.4 Å². The molecule has 1 aliphatic heterocycles. The maximum atomic E-state index is 11.8. The van der Waals surface area contributed by atoms with Crippen LogP contribution in [0.5, 0.6) is 0 Å². The maximum Gasteiger partial charge on any atom is 0.337 e. The van der Waals surface area contributed by atoms with Gasteiger partial charge in [0.2, 0.25) is 5.76 Å². The van der Waals surface area contributed by atoms with Crippen molar-refractivity contribution in [2.24, 2.45) is 0 Å². The summed E-state index contributed by atoms with van der Waals surface area (Å²) in [6.45, 7) is 0.643. The number of hydrogen-bond acceptors (Lipinski definition) is 4. The van der Waals surface area contributed by atoms with Crippen LogP contribution in [0.4, 0.5) is 5.69 Å². The Kier molecular flexibility index (Phi) is 3.91. The van der Waals surface area contributed by atoms with Crippen molar-refractivity contribution in [1.82, 2.24) is 0 Å². The van der Waals surface area contributed by atoms with E-state index >= 15 is 0 Å². The van der Waals surface area contributed by atoms with Crippen LogP contribution in [0, 0.1) is 0 Å². The van der Waals surface area contributed by atoms with Crippen LogP contribution in [-0.2, 0) is 14.3 Å². The van der Waals surface area contributed by atoms with Gasteiger partial charge in [-0.2, -0.15) is 0 Å². The minimum atomic E-state index is -1.19. The van der Waals surface area contributed by atoms with E-state index in [1.54, 1.807) is 0 Å². The Hall–Kier alpha value is -2.21. The lowest BCUT2D eigenvalue weighted by atomic mass is 10.2. The van der Waals surface area contributed by atoms with Gasteiger partial charge in [0.1, 0.15) is 19.5 Å². The fourth-order valence-electron chi connectivity index (χ4n) is 1.47. The average molecular weight is 284 g/mol. The molecule has 1 aromatic carbocycles. The van der Waals surface area contributed by atoms with Crippen molar-refractivity contribution in [3.63, 3.8) is 0 Å². The summed E-state index contributed by atoms with van der Waals surface area (Å²) in [6, 6.07) is 4.15. The number of anilines is 1. The first-order valence-corrected chi connectivity index (χ1v) is 5.74. The monoisotopic (exact) mass is 283 g/mol. The summed E-state index contributed by atoms with van der Waals surface area (Å²) >= 11 is 5.71. The van der Waals surface area contributed by atoms with Crippen molar-refractivity contribution in [2.45, 2.75) is 0 Å². The second kappa shape index (κ2) is 5.62. The van der Waals surface area contributed by atoms with E-state index in [1.807, 2.05) is 0 Å². The number of halogens is 1. The molecule has 1 amide bonds. The minimum absolute atomic E-state index is 0.00228. The van der Waals surface area contributed by atoms with E-state index in [1.165, 1.54) is 24.5 Å². The third kappa shape index (κ3) is 3.17. The van der Waals surface area contributed by atoms with Gasteiger partial charge < -0.3 is 19.9 Å². The van der Waals surface area contributed by atoms with Crippen molar-refractivity contribution >= 4 is 29.2 Å². The van der Waals surface area contributed by atoms with Gasteiger partial charge in [-0.15, -0.1) is 0 Å². The molecule has 0 fully saturated rings. The predicted molar refractivity (Wildman–Crippen MR) is 67.0 cm³/mol. The second-order valence-corrected chi connectivity index (χ2v) is 4.09. The van der Waals surface area contributed by atoms with Gasteiger partial charge in [-0.1, -0.05) is 11.6 Å². The van der Waals surface area contributed by atoms with Crippen LogP contribution < -0.4 is 5.32 Å². The van der Waals surface area contributed by atoms with Gasteiger partial charge in [-0.25, -0.2) is 4.79 Å². The van der Waals surface area contributed by atoms with Crippen LogP contribution in [0.3, 0.4) is 0 Å². The van der Waals surface area contributed by atoms with Crippen LogP contribution >= 0.6 is 11.6 Å². The molecular formula is C12H10ClNO5. The van der Waals surface area contributed by atoms with E-state index in [4.69, 9.17) is 26.2 Å². The van der Waals surface area contributed by atoms with Crippen LogP contribution in [0.2, 0.25) is 5.02 Å². The Morgan fingerprint density at radius 3 is 2.74 bits per heavy atom. The number of carboxylic acids is 1. The Balaban J connectivity index is 2.21. The molecule has 0 unspecified atom stereocenters. The lowest BCUT2D eigenvalue weighted by molar-refractivity contribution is -0.117. The van der Waals surface area contributed by atoms with E-state index in [9.17, 15) is 9.59 Å². The summed E-state index contributed by atoms with van der Waals surface area (Å²) in [5, 5.41) is 11.7. The first kappa shape index (κ1) is 13.2. The van der Waals surface area contributed by atoms with Crippen LogP contribution in [0.25, 0.3) is 0 Å². The molecule has 2 N–H and O–H groups in total. The number of ether oxygens (including phenoxy) is 2. The zero-order chi connectivity index (χ0) is 13.8. The van der Waals surface area contributed by atoms with Crippen LogP contribution in [-0.4, -0.2) is 30.2 Å². The number of carbonyl (C=O) groups excluding carboxylic acids is 1. The molecule has 0 spiro atoms. The molecule has 0 radical (unpaired) electrons. The molecule has 100 valence electrons. The molecule has 2 rings (SSSR count). The molecule has 1 aliphatic rings. The van der Waals surface area contributed by atoms with E-state index in [0.717, 1.165) is 0 Å². The van der Waals surface area contributed by atoms with Gasteiger partial charge in [0, 0.05) is 5.02 Å². The highest BCUT2D eigenvalue weighted by Gasteiger charge is 2.18. The summed E-state index contributed by atoms with van der Waals surface area (Å²) in [5.41, 5.74) is 0.0372. The predicted octanol–water partition coefficient (Wildman–Crippen LogP) is 1.86. The molecule has 0 aliphatic carbocycles. The number of rotatable bonds is 3. The van der Waals surface area contributed by atoms with Gasteiger partial charge in [-0.3, -0.25) is 4.79 Å². The van der Waals surface area contributed by atoms with Gasteiger partial charge in [0.05, 0.1) is 11.3 Å². The highest BCUT2D eigenvalue weighted by atomic mass is 35.5. The standard InChI is InChI=1S/C12H10ClNO5/c13-7-1-2-9(8(5-7)12(16)17)14-11(15)10-6-18-3-4-19-10/h1-2,5-6H,3-4H2,(H,14,15)(H,16,17). The molecule has 19 heavy (non-hydrogen) atoms. The fourth-order valence-corrected chi connectivity index (χ4v) is 1.65. The summed E-state index contributed by atoms with van der Waals surface area (Å²) in [5.74, 6) is -1.77. The minimum Gasteiger partial charge on any atom is -0.494 e. The number of benzene rings is 1. The molecule has 0 aromatic heterocycles. The van der Waals surface area contributed by atoms with Crippen molar-refractivity contribution in [3.8, 4) is 0 Å². The smallest absolute Gasteiger partial charge is 0.337 e. The van der Waals surface area contributed by atoms with Gasteiger partial charge in [0.25, 0.3) is 5.91 Å². The number of aromatic carboxylic acids is 1. The maximum absolute atomic E-state index is 11.8. The van der Waals surface area contributed by atoms with E-state index in [0.29, 0.717) is 6.61 Å².